The molecule has 0 fully saturated rings. The van der Waals surface area contributed by atoms with Crippen molar-refractivity contribution in [2.75, 3.05) is 18.5 Å². The van der Waals surface area contributed by atoms with Crippen molar-refractivity contribution < 1.29 is 4.39 Å². The van der Waals surface area contributed by atoms with Gasteiger partial charge in [-0.1, -0.05) is 18.5 Å². The number of hydrogen-bond donors (Lipinski definition) is 0. The largest absolute Gasteiger partial charge is 0.372 e. The van der Waals surface area contributed by atoms with E-state index in [1.54, 1.807) is 0 Å². The fraction of sp³-hybridized carbons (Fsp3) is 0.455. The van der Waals surface area contributed by atoms with Gasteiger partial charge in [-0.05, 0) is 30.0 Å². The zero-order valence-corrected chi connectivity index (χ0v) is 9.11. The summed E-state index contributed by atoms with van der Waals surface area (Å²) in [6.07, 6.45) is 1.06. The van der Waals surface area contributed by atoms with Crippen LogP contribution in [0, 0.1) is 5.82 Å². The zero-order chi connectivity index (χ0) is 10.3. The topological polar surface area (TPSA) is 3.24 Å². The van der Waals surface area contributed by atoms with E-state index in [1.165, 1.54) is 6.07 Å². The fourth-order valence-electron chi connectivity index (χ4n) is 2.02. The molecule has 0 saturated carbocycles. The molecule has 1 unspecified atom stereocenters. The predicted octanol–water partition coefficient (Wildman–Crippen LogP) is 3.42. The minimum atomic E-state index is -0.207. The van der Waals surface area contributed by atoms with Gasteiger partial charge in [0.25, 0.3) is 0 Å². The van der Waals surface area contributed by atoms with E-state index < -0.39 is 0 Å². The molecule has 0 spiro atoms. The third-order valence-electron chi connectivity index (χ3n) is 2.87. The lowest BCUT2D eigenvalue weighted by molar-refractivity contribution is 0.583. The lowest BCUT2D eigenvalue weighted by Gasteiger charge is -2.31. The average Bonchev–Trinajstić information content (AvgIpc) is 2.10. The summed E-state index contributed by atoms with van der Waals surface area (Å²) >= 11 is 5.84. The van der Waals surface area contributed by atoms with E-state index >= 15 is 0 Å². The molecule has 1 aliphatic rings. The summed E-state index contributed by atoms with van der Waals surface area (Å²) in [6, 6.07) is 3.26. The Morgan fingerprint density at radius 3 is 2.93 bits per heavy atom. The van der Waals surface area contributed by atoms with Crippen LogP contribution in [-0.4, -0.2) is 13.6 Å². The minimum absolute atomic E-state index is 0.207. The van der Waals surface area contributed by atoms with E-state index in [2.05, 4.69) is 6.92 Å². The molecule has 76 valence electrons. The number of nitrogens with zero attached hydrogens (tertiary/aromatic N) is 1. The normalized spacial score (nSPS) is 20.9. The molecule has 1 aromatic carbocycles. The molecular formula is C11H13ClFN. The van der Waals surface area contributed by atoms with Crippen molar-refractivity contribution in [1.82, 2.24) is 0 Å². The van der Waals surface area contributed by atoms with Gasteiger partial charge in [0.15, 0.2) is 0 Å². The number of rotatable bonds is 0. The third kappa shape index (κ3) is 1.48. The Bertz CT molecular complexity index is 365. The minimum Gasteiger partial charge on any atom is -0.372 e. The quantitative estimate of drug-likeness (QED) is 0.638. The maximum Gasteiger partial charge on any atom is 0.148 e. The van der Waals surface area contributed by atoms with Crippen molar-refractivity contribution in [3.05, 3.63) is 28.5 Å². The molecule has 1 heterocycles. The van der Waals surface area contributed by atoms with Crippen molar-refractivity contribution in [1.29, 1.82) is 0 Å². The third-order valence-corrected chi connectivity index (χ3v) is 3.09. The van der Waals surface area contributed by atoms with Crippen LogP contribution in [-0.2, 0) is 0 Å². The number of hydrogen-bond acceptors (Lipinski definition) is 1. The highest BCUT2D eigenvalue weighted by Crippen LogP contribution is 2.37. The summed E-state index contributed by atoms with van der Waals surface area (Å²) in [7, 11) is 1.92. The maximum atomic E-state index is 13.6. The van der Waals surface area contributed by atoms with Gasteiger partial charge in [0, 0.05) is 18.6 Å². The number of halogens is 2. The van der Waals surface area contributed by atoms with Gasteiger partial charge in [0.05, 0.1) is 5.69 Å². The van der Waals surface area contributed by atoms with Crippen LogP contribution < -0.4 is 4.90 Å². The number of benzene rings is 1. The van der Waals surface area contributed by atoms with Crippen LogP contribution in [0.1, 0.15) is 24.8 Å². The van der Waals surface area contributed by atoms with Crippen LogP contribution in [0.3, 0.4) is 0 Å². The van der Waals surface area contributed by atoms with Crippen LogP contribution in [0.25, 0.3) is 0 Å². The Labute approximate surface area is 88.5 Å². The van der Waals surface area contributed by atoms with Gasteiger partial charge in [-0.25, -0.2) is 4.39 Å². The first-order valence-electron chi connectivity index (χ1n) is 4.79. The van der Waals surface area contributed by atoms with Gasteiger partial charge in [0.2, 0.25) is 0 Å². The summed E-state index contributed by atoms with van der Waals surface area (Å²) in [4.78, 5) is 1.96. The van der Waals surface area contributed by atoms with Crippen LogP contribution in [0.15, 0.2) is 12.1 Å². The van der Waals surface area contributed by atoms with E-state index in [1.807, 2.05) is 18.0 Å². The molecule has 0 aliphatic carbocycles. The lowest BCUT2D eigenvalue weighted by atomic mass is 9.91. The highest BCUT2D eigenvalue weighted by Gasteiger charge is 2.23. The Morgan fingerprint density at radius 1 is 1.50 bits per heavy atom. The monoisotopic (exact) mass is 213 g/mol. The highest BCUT2D eigenvalue weighted by atomic mass is 35.5. The summed E-state index contributed by atoms with van der Waals surface area (Å²) in [5.74, 6) is 0.191. The highest BCUT2D eigenvalue weighted by molar-refractivity contribution is 6.30. The Morgan fingerprint density at radius 2 is 2.21 bits per heavy atom. The van der Waals surface area contributed by atoms with Crippen molar-refractivity contribution in [2.45, 2.75) is 19.3 Å². The molecule has 0 bridgehead atoms. The maximum absolute atomic E-state index is 13.6. The first kappa shape index (κ1) is 9.78. The van der Waals surface area contributed by atoms with Gasteiger partial charge < -0.3 is 4.90 Å². The van der Waals surface area contributed by atoms with E-state index in [0.717, 1.165) is 18.5 Å². The Hall–Kier alpha value is -0.760. The predicted molar refractivity (Wildman–Crippen MR) is 57.7 cm³/mol. The second-order valence-electron chi connectivity index (χ2n) is 3.94. The van der Waals surface area contributed by atoms with Crippen molar-refractivity contribution in [3.8, 4) is 0 Å². The van der Waals surface area contributed by atoms with Crippen molar-refractivity contribution in [2.24, 2.45) is 0 Å². The van der Waals surface area contributed by atoms with E-state index in [9.17, 15) is 4.39 Å². The molecule has 0 N–H and O–H groups in total. The first-order valence-corrected chi connectivity index (χ1v) is 5.17. The standard InChI is InChI=1S/C11H13ClFN/c1-7-3-4-14(2)11-9(7)5-8(12)6-10(11)13/h5-7H,3-4H2,1-2H3. The smallest absolute Gasteiger partial charge is 0.148 e. The van der Waals surface area contributed by atoms with E-state index in [0.29, 0.717) is 16.6 Å². The summed E-state index contributed by atoms with van der Waals surface area (Å²) in [6.45, 7) is 3.02. The van der Waals surface area contributed by atoms with Gasteiger partial charge >= 0.3 is 0 Å². The first-order chi connectivity index (χ1) is 6.59. The van der Waals surface area contributed by atoms with Crippen molar-refractivity contribution in [3.63, 3.8) is 0 Å². The van der Waals surface area contributed by atoms with E-state index in [-0.39, 0.29) is 5.82 Å². The van der Waals surface area contributed by atoms with Crippen LogP contribution in [0.5, 0.6) is 0 Å². The van der Waals surface area contributed by atoms with Crippen LogP contribution >= 0.6 is 11.6 Å². The fourth-order valence-corrected chi connectivity index (χ4v) is 2.23. The molecule has 0 radical (unpaired) electrons. The SMILES string of the molecule is CC1CCN(C)c2c(F)cc(Cl)cc21. The number of fused-ring (bicyclic) bond motifs is 1. The molecule has 1 aromatic rings. The molecule has 3 heteroatoms. The van der Waals surface area contributed by atoms with Crippen molar-refractivity contribution >= 4 is 17.3 Å². The molecule has 0 amide bonds. The zero-order valence-electron chi connectivity index (χ0n) is 8.35. The van der Waals surface area contributed by atoms with Crippen LogP contribution in [0.4, 0.5) is 10.1 Å². The second-order valence-corrected chi connectivity index (χ2v) is 4.37. The summed E-state index contributed by atoms with van der Waals surface area (Å²) in [5.41, 5.74) is 1.75. The van der Waals surface area contributed by atoms with Gasteiger partial charge in [-0.15, -0.1) is 0 Å². The molecule has 14 heavy (non-hydrogen) atoms. The summed E-state index contributed by atoms with van der Waals surface area (Å²) in [5, 5.41) is 0.489. The molecule has 0 saturated heterocycles. The Kier molecular flexibility index (Phi) is 2.40. The Balaban J connectivity index is 2.60. The van der Waals surface area contributed by atoms with Gasteiger partial charge in [0.1, 0.15) is 5.82 Å². The molecule has 2 rings (SSSR count). The molecule has 1 aliphatic heterocycles. The number of anilines is 1. The molecular weight excluding hydrogens is 201 g/mol. The second kappa shape index (κ2) is 3.43. The molecule has 0 aromatic heterocycles. The van der Waals surface area contributed by atoms with Crippen LogP contribution in [0.2, 0.25) is 5.02 Å². The van der Waals surface area contributed by atoms with Gasteiger partial charge in [-0.2, -0.15) is 0 Å². The van der Waals surface area contributed by atoms with E-state index in [4.69, 9.17) is 11.6 Å². The average molecular weight is 214 g/mol. The molecule has 1 nitrogen and oxygen atoms in total. The lowest BCUT2D eigenvalue weighted by Crippen LogP contribution is -2.27. The molecule has 1 atom stereocenters. The summed E-state index contributed by atoms with van der Waals surface area (Å²) < 4.78 is 13.6. The van der Waals surface area contributed by atoms with Gasteiger partial charge in [-0.3, -0.25) is 0 Å².